The number of likely N-dealkylation sites (tertiary alicyclic amines) is 1. The lowest BCUT2D eigenvalue weighted by molar-refractivity contribution is -0.140. The summed E-state index contributed by atoms with van der Waals surface area (Å²) in [6, 6.07) is 11.0. The van der Waals surface area contributed by atoms with Crippen molar-refractivity contribution in [2.45, 2.75) is 12.5 Å². The van der Waals surface area contributed by atoms with Crippen LogP contribution in [0.25, 0.3) is 5.76 Å². The second-order valence-electron chi connectivity index (χ2n) is 6.96. The second kappa shape index (κ2) is 9.85. The van der Waals surface area contributed by atoms with Crippen LogP contribution >= 0.6 is 11.6 Å². The van der Waals surface area contributed by atoms with E-state index in [1.165, 1.54) is 18.1 Å². The topological polar surface area (TPSA) is 85.3 Å². The van der Waals surface area contributed by atoms with Gasteiger partial charge in [0.2, 0.25) is 0 Å². The van der Waals surface area contributed by atoms with Crippen molar-refractivity contribution in [1.29, 1.82) is 0 Å². The minimum atomic E-state index is -0.748. The third kappa shape index (κ3) is 4.52. The van der Waals surface area contributed by atoms with Gasteiger partial charge >= 0.3 is 0 Å². The number of amides is 1. The number of benzene rings is 2. The maximum Gasteiger partial charge on any atom is 0.295 e. The monoisotopic (exact) mass is 445 g/mol. The summed E-state index contributed by atoms with van der Waals surface area (Å²) in [6.45, 7) is 0.738. The molecule has 1 amide bonds. The predicted octanol–water partition coefficient (Wildman–Crippen LogP) is 3.82. The second-order valence-corrected chi connectivity index (χ2v) is 7.37. The van der Waals surface area contributed by atoms with Crippen molar-refractivity contribution in [2.24, 2.45) is 0 Å². The van der Waals surface area contributed by atoms with Gasteiger partial charge in [-0.2, -0.15) is 0 Å². The molecule has 1 N–H and O–H groups in total. The quantitative estimate of drug-likeness (QED) is 0.288. The van der Waals surface area contributed by atoms with E-state index in [2.05, 4.69) is 0 Å². The first-order valence-corrected chi connectivity index (χ1v) is 10.1. The number of aliphatic hydroxyl groups excluding tert-OH is 1. The molecule has 1 aliphatic rings. The summed E-state index contributed by atoms with van der Waals surface area (Å²) in [5.74, 6) is -0.634. The Morgan fingerprint density at radius 3 is 2.35 bits per heavy atom. The highest BCUT2D eigenvalue weighted by atomic mass is 35.5. The average Bonchev–Trinajstić information content (AvgIpc) is 3.03. The van der Waals surface area contributed by atoms with E-state index >= 15 is 0 Å². The van der Waals surface area contributed by atoms with Gasteiger partial charge in [0.1, 0.15) is 17.3 Å². The van der Waals surface area contributed by atoms with E-state index < -0.39 is 17.7 Å². The molecule has 7 nitrogen and oxygen atoms in total. The Bertz CT molecular complexity index is 1000. The van der Waals surface area contributed by atoms with Gasteiger partial charge in [-0.3, -0.25) is 9.59 Å². The van der Waals surface area contributed by atoms with Gasteiger partial charge in [0.25, 0.3) is 11.7 Å². The molecule has 1 aliphatic heterocycles. The third-order valence-corrected chi connectivity index (χ3v) is 5.44. The molecule has 0 bridgehead atoms. The van der Waals surface area contributed by atoms with Crippen LogP contribution in [-0.2, 0) is 14.3 Å². The summed E-state index contributed by atoms with van der Waals surface area (Å²) < 4.78 is 15.4. The van der Waals surface area contributed by atoms with Crippen molar-refractivity contribution in [1.82, 2.24) is 4.90 Å². The van der Waals surface area contributed by atoms with Crippen molar-refractivity contribution < 1.29 is 28.9 Å². The number of nitrogens with zero attached hydrogens (tertiary/aromatic N) is 1. The number of hydrogen-bond acceptors (Lipinski definition) is 6. The molecular formula is C23H24ClNO6. The number of carbonyl (C=O) groups excluding carboxylic acids is 2. The van der Waals surface area contributed by atoms with E-state index in [0.29, 0.717) is 42.2 Å². The lowest BCUT2D eigenvalue weighted by Crippen LogP contribution is -2.31. The van der Waals surface area contributed by atoms with Gasteiger partial charge in [-0.15, -0.1) is 0 Å². The lowest BCUT2D eigenvalue weighted by atomic mass is 9.95. The first-order chi connectivity index (χ1) is 14.9. The van der Waals surface area contributed by atoms with Gasteiger partial charge in [-0.05, 0) is 42.3 Å². The van der Waals surface area contributed by atoms with E-state index in [1.807, 2.05) is 0 Å². The molecule has 1 saturated heterocycles. The summed E-state index contributed by atoms with van der Waals surface area (Å²) in [5, 5.41) is 11.3. The highest BCUT2D eigenvalue weighted by Crippen LogP contribution is 2.40. The molecule has 1 heterocycles. The van der Waals surface area contributed by atoms with Gasteiger partial charge in [-0.1, -0.05) is 23.7 Å². The molecular weight excluding hydrogens is 422 g/mol. The molecule has 0 saturated carbocycles. The maximum atomic E-state index is 13.0. The Labute approximate surface area is 185 Å². The van der Waals surface area contributed by atoms with Crippen molar-refractivity contribution in [3.8, 4) is 11.5 Å². The zero-order valence-electron chi connectivity index (χ0n) is 17.6. The SMILES string of the molecule is COCCCN1C(=O)C(=O)/C(=C(\O)c2ccc(OC)c(Cl)c2)C1c1ccc(OC)cc1. The normalized spacial score (nSPS) is 17.8. The third-order valence-electron chi connectivity index (χ3n) is 5.14. The van der Waals surface area contributed by atoms with Gasteiger partial charge in [-0.25, -0.2) is 0 Å². The maximum absolute atomic E-state index is 13.0. The van der Waals surface area contributed by atoms with Gasteiger partial charge in [0.15, 0.2) is 0 Å². The summed E-state index contributed by atoms with van der Waals surface area (Å²) in [6.07, 6.45) is 0.546. The van der Waals surface area contributed by atoms with Crippen LogP contribution in [0.3, 0.4) is 0 Å². The standard InChI is InChI=1S/C23H24ClNO6/c1-29-12-4-11-25-20(14-5-8-16(30-2)9-6-14)19(22(27)23(25)28)21(26)15-7-10-18(31-3)17(24)13-15/h5-10,13,20,26H,4,11-12H2,1-3H3/b21-19-. The van der Waals surface area contributed by atoms with Gasteiger partial charge in [0.05, 0.1) is 30.9 Å². The molecule has 0 radical (unpaired) electrons. The molecule has 1 fully saturated rings. The highest BCUT2D eigenvalue weighted by Gasteiger charge is 2.45. The van der Waals surface area contributed by atoms with Crippen LogP contribution in [0.4, 0.5) is 0 Å². The van der Waals surface area contributed by atoms with E-state index in [4.69, 9.17) is 25.8 Å². The number of hydrogen-bond donors (Lipinski definition) is 1. The Hall–Kier alpha value is -3.03. The zero-order chi connectivity index (χ0) is 22.5. The molecule has 164 valence electrons. The summed E-state index contributed by atoms with van der Waals surface area (Å²) in [7, 11) is 4.61. The molecule has 8 heteroatoms. The highest BCUT2D eigenvalue weighted by molar-refractivity contribution is 6.46. The van der Waals surface area contributed by atoms with Crippen LogP contribution < -0.4 is 9.47 Å². The molecule has 0 aromatic heterocycles. The molecule has 2 aromatic carbocycles. The van der Waals surface area contributed by atoms with Crippen LogP contribution in [-0.4, -0.2) is 56.2 Å². The van der Waals surface area contributed by atoms with E-state index in [1.54, 1.807) is 50.6 Å². The van der Waals surface area contributed by atoms with Crippen LogP contribution in [0.2, 0.25) is 5.02 Å². The molecule has 0 spiro atoms. The molecule has 0 aliphatic carbocycles. The van der Waals surface area contributed by atoms with Crippen molar-refractivity contribution >= 4 is 29.1 Å². The summed E-state index contributed by atoms with van der Waals surface area (Å²) >= 11 is 6.20. The van der Waals surface area contributed by atoms with Crippen molar-refractivity contribution in [2.75, 3.05) is 34.5 Å². The van der Waals surface area contributed by atoms with Crippen LogP contribution in [0.15, 0.2) is 48.0 Å². The Morgan fingerprint density at radius 1 is 1.06 bits per heavy atom. The number of Topliss-reactive ketones (excluding diaryl/α,β-unsaturated/α-hetero) is 1. The first-order valence-electron chi connectivity index (χ1n) is 9.68. The average molecular weight is 446 g/mol. The summed E-state index contributed by atoms with van der Waals surface area (Å²) in [5.41, 5.74) is 1.01. The Balaban J connectivity index is 2.11. The van der Waals surface area contributed by atoms with Crippen molar-refractivity contribution in [3.05, 3.63) is 64.2 Å². The predicted molar refractivity (Wildman–Crippen MR) is 117 cm³/mol. The fourth-order valence-electron chi connectivity index (χ4n) is 3.59. The number of rotatable bonds is 8. The Morgan fingerprint density at radius 2 is 1.77 bits per heavy atom. The molecule has 1 unspecified atom stereocenters. The van der Waals surface area contributed by atoms with Gasteiger partial charge in [0, 0.05) is 25.8 Å². The minimum Gasteiger partial charge on any atom is -0.507 e. The van der Waals surface area contributed by atoms with E-state index in [9.17, 15) is 14.7 Å². The zero-order valence-corrected chi connectivity index (χ0v) is 18.3. The fraction of sp³-hybridized carbons (Fsp3) is 0.304. The fourth-order valence-corrected chi connectivity index (χ4v) is 3.85. The van der Waals surface area contributed by atoms with Gasteiger partial charge < -0.3 is 24.2 Å². The smallest absolute Gasteiger partial charge is 0.295 e. The van der Waals surface area contributed by atoms with Crippen molar-refractivity contribution in [3.63, 3.8) is 0 Å². The van der Waals surface area contributed by atoms with Crippen LogP contribution in [0.5, 0.6) is 11.5 Å². The summed E-state index contributed by atoms with van der Waals surface area (Å²) in [4.78, 5) is 27.3. The number of ether oxygens (including phenoxy) is 3. The first kappa shape index (κ1) is 22.7. The minimum absolute atomic E-state index is 0.00816. The molecule has 1 atom stereocenters. The van der Waals surface area contributed by atoms with E-state index in [-0.39, 0.29) is 16.4 Å². The molecule has 2 aromatic rings. The lowest BCUT2D eigenvalue weighted by Gasteiger charge is -2.25. The number of methoxy groups -OCH3 is 3. The number of carbonyl (C=O) groups is 2. The molecule has 3 rings (SSSR count). The number of aliphatic hydroxyl groups is 1. The Kier molecular flexibility index (Phi) is 7.20. The van der Waals surface area contributed by atoms with Crippen LogP contribution in [0, 0.1) is 0 Å². The molecule has 31 heavy (non-hydrogen) atoms. The largest absolute Gasteiger partial charge is 0.507 e. The number of halogens is 1. The van der Waals surface area contributed by atoms with E-state index in [0.717, 1.165) is 0 Å². The number of ketones is 1. The van der Waals surface area contributed by atoms with Crippen LogP contribution in [0.1, 0.15) is 23.6 Å².